The molecule has 0 bridgehead atoms. The summed E-state index contributed by atoms with van der Waals surface area (Å²) in [7, 11) is 2.96. The largest absolute Gasteiger partial charge is 0.493 e. The first kappa shape index (κ1) is 23.7. The number of fused-ring (bicyclic) bond motifs is 1. The summed E-state index contributed by atoms with van der Waals surface area (Å²) in [5.41, 5.74) is 0.864. The zero-order valence-electron chi connectivity index (χ0n) is 19.0. The van der Waals surface area contributed by atoms with Gasteiger partial charge >= 0.3 is 0 Å². The van der Waals surface area contributed by atoms with E-state index in [2.05, 4.69) is 20.6 Å². The fourth-order valence-electron chi connectivity index (χ4n) is 3.31. The lowest BCUT2D eigenvalue weighted by molar-refractivity contribution is -0.130. The topological polar surface area (TPSA) is 124 Å². The van der Waals surface area contributed by atoms with Crippen LogP contribution in [0.3, 0.4) is 0 Å². The van der Waals surface area contributed by atoms with Crippen LogP contribution >= 0.6 is 0 Å². The Morgan fingerprint density at radius 2 is 1.88 bits per heavy atom. The third-order valence-corrected chi connectivity index (χ3v) is 5.10. The molecule has 0 saturated carbocycles. The first-order chi connectivity index (χ1) is 15.8. The van der Waals surface area contributed by atoms with Gasteiger partial charge in [-0.05, 0) is 23.6 Å². The highest BCUT2D eigenvalue weighted by molar-refractivity contribution is 5.88. The molecular formula is C23H27N5O5. The summed E-state index contributed by atoms with van der Waals surface area (Å²) in [6, 6.07) is 5.99. The van der Waals surface area contributed by atoms with Gasteiger partial charge in [0.25, 0.3) is 5.56 Å². The first-order valence-corrected chi connectivity index (χ1v) is 10.4. The van der Waals surface area contributed by atoms with Crippen LogP contribution in [0.5, 0.6) is 11.5 Å². The van der Waals surface area contributed by atoms with Gasteiger partial charge in [0.2, 0.25) is 11.8 Å². The number of hydrogen-bond donors (Lipinski definition) is 2. The van der Waals surface area contributed by atoms with Crippen molar-refractivity contribution in [3.63, 3.8) is 0 Å². The molecule has 0 spiro atoms. The molecule has 3 aromatic rings. The van der Waals surface area contributed by atoms with E-state index >= 15 is 0 Å². The molecule has 2 aromatic heterocycles. The molecule has 0 unspecified atom stereocenters. The molecule has 2 N–H and O–H groups in total. The summed E-state index contributed by atoms with van der Waals surface area (Å²) in [6.45, 7) is 3.68. The number of rotatable bonds is 9. The third kappa shape index (κ3) is 5.65. The van der Waals surface area contributed by atoms with E-state index in [0.717, 1.165) is 5.56 Å². The Bertz CT molecular complexity index is 1190. The Kier molecular flexibility index (Phi) is 7.60. The van der Waals surface area contributed by atoms with Gasteiger partial charge in [0.15, 0.2) is 11.5 Å². The van der Waals surface area contributed by atoms with E-state index in [1.807, 2.05) is 19.9 Å². The van der Waals surface area contributed by atoms with Crippen molar-refractivity contribution in [2.45, 2.75) is 33.0 Å². The van der Waals surface area contributed by atoms with E-state index in [0.29, 0.717) is 23.6 Å². The molecule has 1 aromatic carbocycles. The van der Waals surface area contributed by atoms with Crippen LogP contribution in [0.4, 0.5) is 0 Å². The predicted octanol–water partition coefficient (Wildman–Crippen LogP) is 1.27. The summed E-state index contributed by atoms with van der Waals surface area (Å²) in [4.78, 5) is 46.5. The molecule has 174 valence electrons. The number of ether oxygens (including phenoxy) is 2. The minimum atomic E-state index is -0.761. The number of aromatic nitrogens is 3. The molecule has 0 radical (unpaired) electrons. The van der Waals surface area contributed by atoms with Crippen molar-refractivity contribution in [1.82, 2.24) is 25.2 Å². The Morgan fingerprint density at radius 3 is 2.52 bits per heavy atom. The Balaban J connectivity index is 1.73. The number of methoxy groups -OCH3 is 2. The van der Waals surface area contributed by atoms with Gasteiger partial charge in [0.1, 0.15) is 12.6 Å². The molecule has 0 saturated heterocycles. The van der Waals surface area contributed by atoms with Crippen LogP contribution < -0.4 is 25.7 Å². The van der Waals surface area contributed by atoms with Crippen molar-refractivity contribution in [1.29, 1.82) is 0 Å². The minimum absolute atomic E-state index is 0.161. The van der Waals surface area contributed by atoms with Crippen LogP contribution in [-0.2, 0) is 22.7 Å². The number of carbonyl (C=O) groups excluding carboxylic acids is 2. The maximum atomic E-state index is 12.9. The molecule has 2 amide bonds. The van der Waals surface area contributed by atoms with Crippen molar-refractivity contribution >= 4 is 22.7 Å². The fourth-order valence-corrected chi connectivity index (χ4v) is 3.31. The molecular weight excluding hydrogens is 426 g/mol. The van der Waals surface area contributed by atoms with E-state index in [9.17, 15) is 14.4 Å². The van der Waals surface area contributed by atoms with Crippen LogP contribution in [0.25, 0.3) is 10.9 Å². The van der Waals surface area contributed by atoms with Gasteiger partial charge in [0.05, 0.1) is 31.4 Å². The quantitative estimate of drug-likeness (QED) is 0.500. The van der Waals surface area contributed by atoms with Gasteiger partial charge in [-0.1, -0.05) is 19.9 Å². The first-order valence-electron chi connectivity index (χ1n) is 10.4. The van der Waals surface area contributed by atoms with E-state index in [1.165, 1.54) is 31.2 Å². The smallest absolute Gasteiger partial charge is 0.261 e. The Labute approximate surface area is 190 Å². The summed E-state index contributed by atoms with van der Waals surface area (Å²) in [6.07, 6.45) is 4.61. The number of nitrogens with zero attached hydrogens (tertiary/aromatic N) is 3. The standard InChI is InChI=1S/C23H27N5O5/c1-14(2)21(22(30)25-11-15-6-5-7-24-10-15)27-20(29)12-28-13-26-17-9-19(33-4)18(32-3)8-16(17)23(28)31/h5-10,13-14,21H,11-12H2,1-4H3,(H,25,30)(H,27,29)/t21-/m0/s1. The average molecular weight is 453 g/mol. The number of benzene rings is 1. The molecule has 0 aliphatic rings. The van der Waals surface area contributed by atoms with Crippen molar-refractivity contribution in [3.05, 3.63) is 58.9 Å². The van der Waals surface area contributed by atoms with E-state index in [4.69, 9.17) is 9.47 Å². The van der Waals surface area contributed by atoms with Crippen LogP contribution in [0.1, 0.15) is 19.4 Å². The molecule has 10 nitrogen and oxygen atoms in total. The maximum Gasteiger partial charge on any atom is 0.261 e. The second kappa shape index (κ2) is 10.6. The molecule has 0 aliphatic heterocycles. The third-order valence-electron chi connectivity index (χ3n) is 5.10. The van der Waals surface area contributed by atoms with Crippen molar-refractivity contribution < 1.29 is 19.1 Å². The second-order valence-electron chi connectivity index (χ2n) is 7.77. The summed E-state index contributed by atoms with van der Waals surface area (Å²) in [5.74, 6) is -0.122. The maximum absolute atomic E-state index is 12.9. The van der Waals surface area contributed by atoms with Crippen LogP contribution in [0.2, 0.25) is 0 Å². The molecule has 2 heterocycles. The monoisotopic (exact) mass is 453 g/mol. The minimum Gasteiger partial charge on any atom is -0.493 e. The lowest BCUT2D eigenvalue weighted by Crippen LogP contribution is -2.50. The van der Waals surface area contributed by atoms with Gasteiger partial charge in [-0.15, -0.1) is 0 Å². The summed E-state index contributed by atoms with van der Waals surface area (Å²) >= 11 is 0. The Morgan fingerprint density at radius 1 is 1.15 bits per heavy atom. The summed E-state index contributed by atoms with van der Waals surface area (Å²) < 4.78 is 11.7. The van der Waals surface area contributed by atoms with E-state index < -0.39 is 17.5 Å². The lowest BCUT2D eigenvalue weighted by atomic mass is 10.0. The lowest BCUT2D eigenvalue weighted by Gasteiger charge is -2.22. The van der Waals surface area contributed by atoms with Crippen LogP contribution in [0, 0.1) is 5.92 Å². The molecule has 0 fully saturated rings. The number of hydrogen-bond acceptors (Lipinski definition) is 7. The number of amides is 2. The van der Waals surface area contributed by atoms with Crippen molar-refractivity contribution in [2.75, 3.05) is 14.2 Å². The normalized spacial score (nSPS) is 11.8. The van der Waals surface area contributed by atoms with Crippen LogP contribution in [-0.4, -0.2) is 46.6 Å². The van der Waals surface area contributed by atoms with E-state index in [1.54, 1.807) is 24.5 Å². The number of pyridine rings is 1. The van der Waals surface area contributed by atoms with E-state index in [-0.39, 0.29) is 23.8 Å². The molecule has 3 rings (SSSR count). The zero-order chi connectivity index (χ0) is 24.0. The highest BCUT2D eigenvalue weighted by Gasteiger charge is 2.24. The van der Waals surface area contributed by atoms with Crippen molar-refractivity contribution in [2.24, 2.45) is 5.92 Å². The summed E-state index contributed by atoms with van der Waals surface area (Å²) in [5, 5.41) is 5.82. The Hall–Kier alpha value is -3.95. The average Bonchev–Trinajstić information content (AvgIpc) is 2.82. The number of carbonyl (C=O) groups is 2. The van der Waals surface area contributed by atoms with Crippen LogP contribution in [0.15, 0.2) is 47.8 Å². The second-order valence-corrected chi connectivity index (χ2v) is 7.77. The molecule has 1 atom stereocenters. The zero-order valence-corrected chi connectivity index (χ0v) is 19.0. The highest BCUT2D eigenvalue weighted by Crippen LogP contribution is 2.29. The molecule has 0 aliphatic carbocycles. The van der Waals surface area contributed by atoms with Gasteiger partial charge in [-0.2, -0.15) is 0 Å². The van der Waals surface area contributed by atoms with Gasteiger partial charge in [-0.3, -0.25) is 23.9 Å². The molecule has 33 heavy (non-hydrogen) atoms. The molecule has 10 heteroatoms. The van der Waals surface area contributed by atoms with Gasteiger partial charge in [0, 0.05) is 25.0 Å². The predicted molar refractivity (Wildman–Crippen MR) is 122 cm³/mol. The van der Waals surface area contributed by atoms with Crippen molar-refractivity contribution in [3.8, 4) is 11.5 Å². The SMILES string of the molecule is COc1cc2ncn(CC(=O)N[C@H](C(=O)NCc3cccnc3)C(C)C)c(=O)c2cc1OC. The number of nitrogens with one attached hydrogen (secondary N) is 2. The van der Waals surface area contributed by atoms with Gasteiger partial charge in [-0.25, -0.2) is 4.98 Å². The van der Waals surface area contributed by atoms with Gasteiger partial charge < -0.3 is 20.1 Å². The fraction of sp³-hybridized carbons (Fsp3) is 0.348. The highest BCUT2D eigenvalue weighted by atomic mass is 16.5.